The molecule has 4 aromatic carbocycles. The van der Waals surface area contributed by atoms with E-state index in [0.29, 0.717) is 47.3 Å². The van der Waals surface area contributed by atoms with Gasteiger partial charge in [0.1, 0.15) is 24.7 Å². The molecule has 11 heteroatoms. The number of benzene rings is 4. The highest BCUT2D eigenvalue weighted by Crippen LogP contribution is 2.39. The highest BCUT2D eigenvalue weighted by atomic mass is 19.4. The normalized spacial score (nSPS) is 13.7. The minimum absolute atomic E-state index is 0.198. The maximum absolute atomic E-state index is 13.7. The van der Waals surface area contributed by atoms with Gasteiger partial charge in [-0.2, -0.15) is 26.3 Å². The van der Waals surface area contributed by atoms with Crippen LogP contribution < -0.4 is 20.5 Å². The van der Waals surface area contributed by atoms with Crippen LogP contribution in [0.5, 0.6) is 11.5 Å². The molecule has 1 aliphatic heterocycles. The number of carbonyl (C=O) groups is 1. The third-order valence-corrected chi connectivity index (χ3v) is 7.35. The van der Waals surface area contributed by atoms with E-state index in [2.05, 4.69) is 5.32 Å². The molecule has 1 heterocycles. The first-order valence-corrected chi connectivity index (χ1v) is 14.0. The van der Waals surface area contributed by atoms with Crippen LogP contribution in [-0.4, -0.2) is 19.0 Å². The number of rotatable bonds is 9. The van der Waals surface area contributed by atoms with Gasteiger partial charge in [-0.1, -0.05) is 42.5 Å². The van der Waals surface area contributed by atoms with E-state index in [1.54, 1.807) is 24.3 Å². The van der Waals surface area contributed by atoms with Crippen LogP contribution in [0.3, 0.4) is 0 Å². The summed E-state index contributed by atoms with van der Waals surface area (Å²) in [7, 11) is 0. The van der Waals surface area contributed by atoms with Gasteiger partial charge in [-0.05, 0) is 94.9 Å². The van der Waals surface area contributed by atoms with Gasteiger partial charge in [0.05, 0.1) is 11.1 Å². The van der Waals surface area contributed by atoms with E-state index >= 15 is 0 Å². The minimum atomic E-state index is -4.64. The first-order valence-electron chi connectivity index (χ1n) is 14.0. The fourth-order valence-corrected chi connectivity index (χ4v) is 5.17. The van der Waals surface area contributed by atoms with Crippen LogP contribution in [0.2, 0.25) is 0 Å². The summed E-state index contributed by atoms with van der Waals surface area (Å²) < 4.78 is 93.7. The smallest absolute Gasteiger partial charge is 0.419 e. The highest BCUT2D eigenvalue weighted by molar-refractivity contribution is 5.94. The first-order chi connectivity index (χ1) is 21.4. The Morgan fingerprint density at radius 3 is 1.82 bits per heavy atom. The van der Waals surface area contributed by atoms with E-state index in [1.807, 2.05) is 6.08 Å². The number of hydrogen-bond donors (Lipinski definition) is 2. The van der Waals surface area contributed by atoms with Crippen LogP contribution in [0.25, 0.3) is 16.7 Å². The number of carbonyl (C=O) groups excluding carboxylic acids is 1. The second-order valence-electron chi connectivity index (χ2n) is 10.4. The van der Waals surface area contributed by atoms with Crippen molar-refractivity contribution in [1.29, 1.82) is 0 Å². The van der Waals surface area contributed by atoms with Crippen molar-refractivity contribution in [2.75, 3.05) is 13.1 Å². The monoisotopic (exact) mass is 626 g/mol. The largest absolute Gasteiger partial charge is 0.488 e. The molecule has 1 amide bonds. The molecule has 1 aliphatic rings. The Morgan fingerprint density at radius 2 is 1.29 bits per heavy atom. The molecule has 0 bridgehead atoms. The summed E-state index contributed by atoms with van der Waals surface area (Å²) in [6.07, 6.45) is -6.73. The molecule has 4 aromatic rings. The number of ether oxygens (including phenoxy) is 2. The second kappa shape index (κ2) is 13.1. The number of primary amides is 1. The van der Waals surface area contributed by atoms with Gasteiger partial charge in [0.2, 0.25) is 5.91 Å². The molecule has 0 unspecified atom stereocenters. The van der Waals surface area contributed by atoms with Gasteiger partial charge in [0.15, 0.2) is 0 Å². The molecule has 45 heavy (non-hydrogen) atoms. The maximum atomic E-state index is 13.7. The molecule has 0 atom stereocenters. The number of para-hydroxylation sites is 2. The summed E-state index contributed by atoms with van der Waals surface area (Å²) in [6, 6.07) is 19.6. The fourth-order valence-electron chi connectivity index (χ4n) is 5.17. The standard InChI is InChI=1S/C34H28F6N2O3/c35-33(36,37)28-8-1-3-10-30(28)44-19-24-18-27(22-6-5-7-23(16-22)32(41)43)25(17-26(24)21-12-14-42-15-13-21)20-45-31-11-4-2-9-29(31)34(38,39)40/h1-12,16-18,42H,13-15,19-20H2,(H2,41,43). The van der Waals surface area contributed by atoms with Crippen molar-refractivity contribution in [1.82, 2.24) is 5.32 Å². The zero-order valence-corrected chi connectivity index (χ0v) is 23.8. The first kappa shape index (κ1) is 31.6. The van der Waals surface area contributed by atoms with Gasteiger partial charge >= 0.3 is 12.4 Å². The molecule has 234 valence electrons. The summed E-state index contributed by atoms with van der Waals surface area (Å²) >= 11 is 0. The predicted octanol–water partition coefficient (Wildman–Crippen LogP) is 8.02. The van der Waals surface area contributed by atoms with Crippen LogP contribution in [0.1, 0.15) is 44.6 Å². The van der Waals surface area contributed by atoms with Gasteiger partial charge in [0.25, 0.3) is 0 Å². The van der Waals surface area contributed by atoms with E-state index in [9.17, 15) is 31.1 Å². The van der Waals surface area contributed by atoms with E-state index in [-0.39, 0.29) is 30.3 Å². The zero-order valence-electron chi connectivity index (χ0n) is 23.8. The third kappa shape index (κ3) is 7.49. The van der Waals surface area contributed by atoms with E-state index < -0.39 is 29.4 Å². The van der Waals surface area contributed by atoms with Crippen LogP contribution in [0.15, 0.2) is 91.0 Å². The summed E-state index contributed by atoms with van der Waals surface area (Å²) in [4.78, 5) is 12.0. The van der Waals surface area contributed by atoms with Gasteiger partial charge in [-0.15, -0.1) is 0 Å². The predicted molar refractivity (Wildman–Crippen MR) is 157 cm³/mol. The fraction of sp³-hybridized carbons (Fsp3) is 0.206. The zero-order chi connectivity index (χ0) is 32.2. The number of halogens is 6. The lowest BCUT2D eigenvalue weighted by molar-refractivity contribution is -0.139. The van der Waals surface area contributed by atoms with Crippen molar-refractivity contribution in [3.8, 4) is 22.6 Å². The van der Waals surface area contributed by atoms with E-state index in [1.165, 1.54) is 48.5 Å². The SMILES string of the molecule is NC(=O)c1cccc(-c2cc(COc3ccccc3C(F)(F)F)c(C3=CCNCC3)cc2COc2ccccc2C(F)(F)F)c1. The molecule has 0 saturated heterocycles. The Balaban J connectivity index is 1.62. The third-order valence-electron chi connectivity index (χ3n) is 7.35. The number of hydrogen-bond acceptors (Lipinski definition) is 4. The molecule has 0 radical (unpaired) electrons. The molecular weight excluding hydrogens is 598 g/mol. The average molecular weight is 627 g/mol. The minimum Gasteiger partial charge on any atom is -0.488 e. The molecule has 3 N–H and O–H groups in total. The van der Waals surface area contributed by atoms with E-state index in [0.717, 1.165) is 17.7 Å². The Hall–Kier alpha value is -4.77. The Morgan fingerprint density at radius 1 is 0.733 bits per heavy atom. The van der Waals surface area contributed by atoms with Gasteiger partial charge in [-0.25, -0.2) is 0 Å². The summed E-state index contributed by atoms with van der Waals surface area (Å²) in [5.74, 6) is -1.39. The molecule has 5 rings (SSSR count). The molecule has 0 spiro atoms. The molecule has 5 nitrogen and oxygen atoms in total. The highest BCUT2D eigenvalue weighted by Gasteiger charge is 2.35. The lowest BCUT2D eigenvalue weighted by Gasteiger charge is -2.22. The van der Waals surface area contributed by atoms with Crippen molar-refractivity contribution in [3.63, 3.8) is 0 Å². The summed E-state index contributed by atoms with van der Waals surface area (Å²) in [6.45, 7) is 0.684. The quantitative estimate of drug-likeness (QED) is 0.185. The van der Waals surface area contributed by atoms with Crippen molar-refractivity contribution in [3.05, 3.63) is 124 Å². The summed E-state index contributed by atoms with van der Waals surface area (Å²) in [5.41, 5.74) is 7.44. The van der Waals surface area contributed by atoms with Crippen molar-refractivity contribution in [2.45, 2.75) is 32.0 Å². The van der Waals surface area contributed by atoms with Crippen molar-refractivity contribution >= 4 is 11.5 Å². The molecular formula is C34H28F6N2O3. The number of alkyl halides is 6. The van der Waals surface area contributed by atoms with Crippen LogP contribution in [0.4, 0.5) is 26.3 Å². The molecule has 0 fully saturated rings. The van der Waals surface area contributed by atoms with Gasteiger partial charge < -0.3 is 20.5 Å². The van der Waals surface area contributed by atoms with Crippen molar-refractivity contribution < 1.29 is 40.6 Å². The van der Waals surface area contributed by atoms with Crippen LogP contribution in [0, 0.1) is 0 Å². The number of nitrogens with one attached hydrogen (secondary N) is 1. The Bertz CT molecular complexity index is 1730. The average Bonchev–Trinajstić information content (AvgIpc) is 3.02. The van der Waals surface area contributed by atoms with Crippen molar-refractivity contribution in [2.24, 2.45) is 5.73 Å². The van der Waals surface area contributed by atoms with Crippen LogP contribution in [-0.2, 0) is 25.6 Å². The van der Waals surface area contributed by atoms with Gasteiger partial charge in [-0.3, -0.25) is 4.79 Å². The van der Waals surface area contributed by atoms with E-state index in [4.69, 9.17) is 15.2 Å². The maximum Gasteiger partial charge on any atom is 0.419 e. The number of amides is 1. The molecule has 0 aromatic heterocycles. The lowest BCUT2D eigenvalue weighted by atomic mass is 9.88. The topological polar surface area (TPSA) is 73.6 Å². The Labute approximate surface area is 255 Å². The number of nitrogens with two attached hydrogens (primary N) is 1. The summed E-state index contributed by atoms with van der Waals surface area (Å²) in [5, 5.41) is 3.21. The lowest BCUT2D eigenvalue weighted by Crippen LogP contribution is -2.20. The van der Waals surface area contributed by atoms with Crippen LogP contribution >= 0.6 is 0 Å². The second-order valence-corrected chi connectivity index (χ2v) is 10.4. The van der Waals surface area contributed by atoms with Gasteiger partial charge in [0, 0.05) is 12.1 Å². The molecule has 0 saturated carbocycles. The Kier molecular flexibility index (Phi) is 9.19. The molecule has 0 aliphatic carbocycles.